The van der Waals surface area contributed by atoms with Crippen LogP contribution < -0.4 is 10.4 Å². The van der Waals surface area contributed by atoms with Gasteiger partial charge in [-0.1, -0.05) is 41.6 Å². The third-order valence-electron chi connectivity index (χ3n) is 4.89. The molecule has 1 aromatic heterocycles. The average molecular weight is 346 g/mol. The molecule has 5 nitrogen and oxygen atoms in total. The van der Waals surface area contributed by atoms with Gasteiger partial charge in [0, 0.05) is 6.07 Å². The lowest BCUT2D eigenvalue weighted by Gasteiger charge is -2.16. The molecule has 0 aliphatic heterocycles. The number of nitro groups is 1. The molecule has 0 bridgehead atoms. The first-order chi connectivity index (χ1) is 12.8. The molecule has 0 radical (unpaired) electrons. The van der Waals surface area contributed by atoms with E-state index in [9.17, 15) is 10.1 Å². The number of hydrogen-bond acceptors (Lipinski definition) is 4. The van der Waals surface area contributed by atoms with Crippen LogP contribution in [-0.2, 0) is 12.8 Å². The lowest BCUT2D eigenvalue weighted by molar-refractivity contribution is -0.385. The summed E-state index contributed by atoms with van der Waals surface area (Å²) in [5.41, 5.74) is 3.01. The fourth-order valence-electron chi connectivity index (χ4n) is 3.76. The first-order valence-corrected chi connectivity index (χ1v) is 8.69. The topological polar surface area (TPSA) is 69.2 Å². The van der Waals surface area contributed by atoms with Gasteiger partial charge in [-0.15, -0.1) is 0 Å². The minimum absolute atomic E-state index is 0.211. The van der Waals surface area contributed by atoms with E-state index in [-0.39, 0.29) is 10.6 Å². The first-order valence-electron chi connectivity index (χ1n) is 8.69. The van der Waals surface area contributed by atoms with Crippen molar-refractivity contribution >= 4 is 17.8 Å². The predicted octanol–water partition coefficient (Wildman–Crippen LogP) is 3.01. The van der Waals surface area contributed by atoms with E-state index in [1.165, 1.54) is 34.2 Å². The Hall–Kier alpha value is -3.21. The maximum atomic E-state index is 11.2. The molecule has 5 rings (SSSR count). The van der Waals surface area contributed by atoms with Crippen molar-refractivity contribution in [1.82, 2.24) is 5.16 Å². The highest BCUT2D eigenvalue weighted by Gasteiger charge is 2.15. The Balaban J connectivity index is 0.000000292. The highest BCUT2D eigenvalue weighted by atomic mass is 16.6. The Kier molecular flexibility index (Phi) is 4.35. The molecule has 130 valence electrons. The Labute approximate surface area is 149 Å². The number of non-ortho nitro benzene ring substituents is 1. The van der Waals surface area contributed by atoms with Crippen LogP contribution in [0, 0.1) is 20.6 Å². The number of nitro benzene ring substituents is 1. The van der Waals surface area contributed by atoms with E-state index in [0.717, 1.165) is 29.7 Å². The molecule has 0 amide bonds. The van der Waals surface area contributed by atoms with Gasteiger partial charge in [0.15, 0.2) is 0 Å². The zero-order chi connectivity index (χ0) is 17.9. The Morgan fingerprint density at radius 2 is 1.96 bits per heavy atom. The van der Waals surface area contributed by atoms with E-state index in [0.29, 0.717) is 0 Å². The molecule has 0 unspecified atom stereocenters. The highest BCUT2D eigenvalue weighted by Crippen LogP contribution is 2.18. The van der Waals surface area contributed by atoms with Gasteiger partial charge in [0.25, 0.3) is 5.69 Å². The molecule has 3 aromatic rings. The van der Waals surface area contributed by atoms with Crippen molar-refractivity contribution in [3.8, 4) is 0 Å². The van der Waals surface area contributed by atoms with Gasteiger partial charge in [-0.05, 0) is 58.5 Å². The Bertz CT molecular complexity index is 1150. The van der Waals surface area contributed by atoms with Crippen LogP contribution in [0.4, 0.5) is 5.69 Å². The summed E-state index contributed by atoms with van der Waals surface area (Å²) in [6, 6.07) is 11.4. The maximum Gasteiger partial charge on any atom is 0.276 e. The van der Waals surface area contributed by atoms with E-state index in [1.54, 1.807) is 24.4 Å². The van der Waals surface area contributed by atoms with Crippen molar-refractivity contribution < 1.29 is 9.45 Å². The van der Waals surface area contributed by atoms with E-state index in [4.69, 9.17) is 0 Å². The standard InChI is InChI=1S/C18H15NO2.C3H3NO/c20-19(21)18-7-3-6-14-16-9-8-12-4-1-2-5-13(12)15(16)10-11-17(14)18;1-2-4-5-3-1/h3-4,6-9,11H,1-2,5,10H2;1-3H. The van der Waals surface area contributed by atoms with Crippen molar-refractivity contribution in [2.75, 3.05) is 0 Å². The fraction of sp³-hybridized carbons (Fsp3) is 0.190. The van der Waals surface area contributed by atoms with Gasteiger partial charge in [0.05, 0.1) is 16.3 Å². The number of fused-ring (bicyclic) bond motifs is 4. The summed E-state index contributed by atoms with van der Waals surface area (Å²) in [5.74, 6) is 0. The van der Waals surface area contributed by atoms with Crippen LogP contribution in [0.25, 0.3) is 12.2 Å². The van der Waals surface area contributed by atoms with Crippen LogP contribution in [0.5, 0.6) is 0 Å². The third kappa shape index (κ3) is 2.92. The van der Waals surface area contributed by atoms with Gasteiger partial charge < -0.3 is 4.52 Å². The number of nitrogens with zero attached hydrogens (tertiary/aromatic N) is 2. The summed E-state index contributed by atoms with van der Waals surface area (Å²) in [7, 11) is 0. The van der Waals surface area contributed by atoms with E-state index >= 15 is 0 Å². The summed E-state index contributed by atoms with van der Waals surface area (Å²) in [6.07, 6.45) is 11.7. The summed E-state index contributed by atoms with van der Waals surface area (Å²) >= 11 is 0. The second kappa shape index (κ2) is 6.96. The first kappa shape index (κ1) is 16.3. The summed E-state index contributed by atoms with van der Waals surface area (Å²) in [4.78, 5) is 10.9. The molecular formula is C21H18N2O3. The molecule has 2 aromatic carbocycles. The number of hydrogen-bond donors (Lipinski definition) is 0. The highest BCUT2D eigenvalue weighted by molar-refractivity contribution is 5.51. The minimum Gasteiger partial charge on any atom is -0.365 e. The molecule has 5 heteroatoms. The second-order valence-electron chi connectivity index (χ2n) is 6.35. The molecule has 26 heavy (non-hydrogen) atoms. The van der Waals surface area contributed by atoms with E-state index in [1.807, 2.05) is 12.1 Å². The van der Waals surface area contributed by atoms with Crippen LogP contribution in [0.3, 0.4) is 0 Å². The molecular weight excluding hydrogens is 328 g/mol. The summed E-state index contributed by atoms with van der Waals surface area (Å²) in [5, 5.41) is 18.8. The van der Waals surface area contributed by atoms with Crippen LogP contribution >= 0.6 is 0 Å². The van der Waals surface area contributed by atoms with Crippen LogP contribution in [0.15, 0.2) is 53.4 Å². The van der Waals surface area contributed by atoms with Crippen LogP contribution in [0.1, 0.15) is 24.0 Å². The zero-order valence-electron chi connectivity index (χ0n) is 14.2. The summed E-state index contributed by atoms with van der Waals surface area (Å²) in [6.45, 7) is 0. The van der Waals surface area contributed by atoms with E-state index < -0.39 is 0 Å². The average Bonchev–Trinajstić information content (AvgIpc) is 3.27. The SMILES string of the molecule is O=[N+]([O-])c1cccc2c1=CCc1c3c(ccc1=2)=CCCC3.c1cnoc1. The zero-order valence-corrected chi connectivity index (χ0v) is 14.2. The molecule has 0 N–H and O–H groups in total. The second-order valence-corrected chi connectivity index (χ2v) is 6.35. The largest absolute Gasteiger partial charge is 0.365 e. The molecule has 0 saturated carbocycles. The molecule has 1 heterocycles. The molecule has 2 aliphatic rings. The number of aromatic nitrogens is 1. The predicted molar refractivity (Wildman–Crippen MR) is 98.5 cm³/mol. The molecule has 0 saturated heterocycles. The maximum absolute atomic E-state index is 11.2. The van der Waals surface area contributed by atoms with E-state index in [2.05, 4.69) is 27.9 Å². The van der Waals surface area contributed by atoms with Gasteiger partial charge in [0.2, 0.25) is 0 Å². The normalized spacial score (nSPS) is 13.7. The molecule has 0 atom stereocenters. The Morgan fingerprint density at radius 3 is 2.69 bits per heavy atom. The molecule has 2 aliphatic carbocycles. The van der Waals surface area contributed by atoms with Gasteiger partial charge in [-0.3, -0.25) is 10.1 Å². The summed E-state index contributed by atoms with van der Waals surface area (Å²) < 4.78 is 4.33. The minimum atomic E-state index is -0.285. The number of rotatable bonds is 1. The quantitative estimate of drug-likeness (QED) is 0.502. The molecule has 0 spiro atoms. The lowest BCUT2D eigenvalue weighted by Crippen LogP contribution is -2.20. The van der Waals surface area contributed by atoms with Crippen LogP contribution in [0.2, 0.25) is 0 Å². The smallest absolute Gasteiger partial charge is 0.276 e. The third-order valence-corrected chi connectivity index (χ3v) is 4.89. The van der Waals surface area contributed by atoms with Gasteiger partial charge in [0.1, 0.15) is 6.26 Å². The fourth-order valence-corrected chi connectivity index (χ4v) is 3.76. The van der Waals surface area contributed by atoms with Crippen molar-refractivity contribution in [1.29, 1.82) is 0 Å². The van der Waals surface area contributed by atoms with Gasteiger partial charge in [-0.25, -0.2) is 0 Å². The van der Waals surface area contributed by atoms with Gasteiger partial charge in [-0.2, -0.15) is 0 Å². The lowest BCUT2D eigenvalue weighted by atomic mass is 9.89. The monoisotopic (exact) mass is 346 g/mol. The van der Waals surface area contributed by atoms with Gasteiger partial charge >= 0.3 is 0 Å². The van der Waals surface area contributed by atoms with Crippen molar-refractivity contribution in [2.24, 2.45) is 0 Å². The Morgan fingerprint density at radius 1 is 1.04 bits per heavy atom. The van der Waals surface area contributed by atoms with Crippen molar-refractivity contribution in [3.05, 3.63) is 91.0 Å². The van der Waals surface area contributed by atoms with Crippen molar-refractivity contribution in [2.45, 2.75) is 25.7 Å². The number of benzene rings is 2. The van der Waals surface area contributed by atoms with Crippen molar-refractivity contribution in [3.63, 3.8) is 0 Å². The molecule has 0 fully saturated rings. The van der Waals surface area contributed by atoms with Crippen LogP contribution in [-0.4, -0.2) is 10.1 Å².